The molecule has 1 saturated heterocycles. The molecule has 2 aliphatic carbocycles. The van der Waals surface area contributed by atoms with Crippen molar-refractivity contribution in [2.24, 2.45) is 5.92 Å². The summed E-state index contributed by atoms with van der Waals surface area (Å²) in [4.78, 5) is 14.5. The van der Waals surface area contributed by atoms with E-state index in [1.165, 1.54) is 11.1 Å². The molecule has 5 rings (SSSR count). The Bertz CT molecular complexity index is 814. The van der Waals surface area contributed by atoms with Crippen LogP contribution in [-0.4, -0.2) is 54.6 Å². The second-order valence-corrected chi connectivity index (χ2v) is 8.84. The number of carbonyl (C=O) groups excluding carboxylic acids is 1. The average Bonchev–Trinajstić information content (AvgIpc) is 2.99. The molecule has 0 aromatic heterocycles. The van der Waals surface area contributed by atoms with Gasteiger partial charge in [-0.05, 0) is 50.2 Å². The highest BCUT2D eigenvalue weighted by molar-refractivity contribution is 9.10. The fourth-order valence-electron chi connectivity index (χ4n) is 6.13. The van der Waals surface area contributed by atoms with E-state index in [1.54, 1.807) is 7.11 Å². The van der Waals surface area contributed by atoms with Crippen LogP contribution in [0.2, 0.25) is 0 Å². The van der Waals surface area contributed by atoms with E-state index in [-0.39, 0.29) is 29.6 Å². The summed E-state index contributed by atoms with van der Waals surface area (Å²) < 4.78 is 18.3. The van der Waals surface area contributed by atoms with Crippen LogP contribution < -0.4 is 9.47 Å². The molecule has 2 fully saturated rings. The second-order valence-electron chi connectivity index (χ2n) is 7.99. The van der Waals surface area contributed by atoms with E-state index in [9.17, 15) is 9.90 Å². The highest BCUT2D eigenvalue weighted by Crippen LogP contribution is 2.64. The normalized spacial score (nSPS) is 35.3. The lowest BCUT2D eigenvalue weighted by atomic mass is 9.51. The average molecular weight is 438 g/mol. The molecular formula is C20H24BrNO5. The predicted molar refractivity (Wildman–Crippen MR) is 101 cm³/mol. The Morgan fingerprint density at radius 1 is 1.48 bits per heavy atom. The SMILES string of the molecule is CCOC(=O)N1CC[C@]23c4c5c(Br)cc(OC)c4O[C@H]2[C@@H](O)CC[C@H]3[C@H]1C5. The number of hydrogen-bond acceptors (Lipinski definition) is 5. The summed E-state index contributed by atoms with van der Waals surface area (Å²) >= 11 is 3.72. The third kappa shape index (κ3) is 2.13. The number of hydrogen-bond donors (Lipinski definition) is 1. The molecule has 5 atom stereocenters. The number of halogens is 1. The summed E-state index contributed by atoms with van der Waals surface area (Å²) in [5, 5.41) is 10.8. The van der Waals surface area contributed by atoms with E-state index < -0.39 is 6.10 Å². The first kappa shape index (κ1) is 17.6. The van der Waals surface area contributed by atoms with E-state index in [1.807, 2.05) is 17.9 Å². The van der Waals surface area contributed by atoms with E-state index in [2.05, 4.69) is 15.9 Å². The van der Waals surface area contributed by atoms with Crippen molar-refractivity contribution in [1.82, 2.24) is 4.90 Å². The lowest BCUT2D eigenvalue weighted by Gasteiger charge is -2.58. The minimum atomic E-state index is -0.502. The van der Waals surface area contributed by atoms with Crippen molar-refractivity contribution in [3.63, 3.8) is 0 Å². The number of methoxy groups -OCH3 is 1. The number of aliphatic hydroxyl groups excluding tert-OH is 1. The van der Waals surface area contributed by atoms with Crippen LogP contribution in [0.5, 0.6) is 11.5 Å². The zero-order valence-corrected chi connectivity index (χ0v) is 17.1. The third-order valence-electron chi connectivity index (χ3n) is 7.07. The molecule has 1 aromatic carbocycles. The fourth-order valence-corrected chi connectivity index (χ4v) is 6.70. The van der Waals surface area contributed by atoms with Crippen LogP contribution in [0.4, 0.5) is 4.79 Å². The Kier molecular flexibility index (Phi) is 3.92. The van der Waals surface area contributed by atoms with Gasteiger partial charge in [0, 0.05) is 28.0 Å². The fraction of sp³-hybridized carbons (Fsp3) is 0.650. The first-order valence-electron chi connectivity index (χ1n) is 9.70. The van der Waals surface area contributed by atoms with Gasteiger partial charge in [-0.1, -0.05) is 15.9 Å². The van der Waals surface area contributed by atoms with Crippen LogP contribution in [0, 0.1) is 5.92 Å². The molecule has 0 radical (unpaired) electrons. The largest absolute Gasteiger partial charge is 0.493 e. The maximum atomic E-state index is 12.6. The summed E-state index contributed by atoms with van der Waals surface area (Å²) in [5.74, 6) is 1.76. The van der Waals surface area contributed by atoms with Crippen molar-refractivity contribution in [2.45, 2.75) is 56.3 Å². The molecule has 1 amide bonds. The molecule has 2 bridgehead atoms. The zero-order valence-electron chi connectivity index (χ0n) is 15.5. The molecule has 1 saturated carbocycles. The van der Waals surface area contributed by atoms with Crippen LogP contribution in [-0.2, 0) is 16.6 Å². The highest BCUT2D eigenvalue weighted by atomic mass is 79.9. The molecule has 2 aliphatic heterocycles. The number of aliphatic hydroxyl groups is 1. The van der Waals surface area contributed by atoms with Crippen molar-refractivity contribution < 1.29 is 24.1 Å². The van der Waals surface area contributed by atoms with Crippen LogP contribution in [0.1, 0.15) is 37.3 Å². The molecule has 1 aromatic rings. The van der Waals surface area contributed by atoms with Gasteiger partial charge in [0.05, 0.1) is 19.8 Å². The number of ether oxygens (including phenoxy) is 3. The van der Waals surface area contributed by atoms with E-state index in [4.69, 9.17) is 14.2 Å². The molecule has 0 unspecified atom stereocenters. The first-order valence-corrected chi connectivity index (χ1v) is 10.5. The summed E-state index contributed by atoms with van der Waals surface area (Å²) in [5.41, 5.74) is 2.12. The zero-order chi connectivity index (χ0) is 18.9. The molecule has 4 aliphatic rings. The Labute approximate surface area is 166 Å². The summed E-state index contributed by atoms with van der Waals surface area (Å²) in [6.45, 7) is 2.84. The van der Waals surface area contributed by atoms with Crippen molar-refractivity contribution in [1.29, 1.82) is 0 Å². The maximum Gasteiger partial charge on any atom is 0.410 e. The molecule has 1 N–H and O–H groups in total. The molecular weight excluding hydrogens is 414 g/mol. The van der Waals surface area contributed by atoms with E-state index in [0.29, 0.717) is 25.3 Å². The van der Waals surface area contributed by atoms with Crippen LogP contribution >= 0.6 is 15.9 Å². The summed E-state index contributed by atoms with van der Waals surface area (Å²) in [7, 11) is 1.65. The molecule has 7 heteroatoms. The summed E-state index contributed by atoms with van der Waals surface area (Å²) in [6.07, 6.45) is 2.11. The Balaban J connectivity index is 1.70. The van der Waals surface area contributed by atoms with Gasteiger partial charge in [0.1, 0.15) is 6.10 Å². The van der Waals surface area contributed by atoms with Crippen molar-refractivity contribution in [3.8, 4) is 11.5 Å². The quantitative estimate of drug-likeness (QED) is 0.769. The number of amides is 1. The van der Waals surface area contributed by atoms with Gasteiger partial charge < -0.3 is 24.2 Å². The standard InChI is InChI=1S/C20H24BrNO5/c1-3-26-19(24)22-7-6-20-11-4-5-14(23)18(20)27-17-15(25-2)9-12(21)10(16(17)20)8-13(11)22/h9,11,13-14,18,23H,3-8H2,1-2H3/t11-,13+,14-,18-,20-/m0/s1. The van der Waals surface area contributed by atoms with Gasteiger partial charge in [-0.2, -0.15) is 0 Å². The molecule has 2 heterocycles. The van der Waals surface area contributed by atoms with Crippen LogP contribution in [0.15, 0.2) is 10.5 Å². The van der Waals surface area contributed by atoms with Crippen molar-refractivity contribution >= 4 is 22.0 Å². The van der Waals surface area contributed by atoms with Gasteiger partial charge in [-0.25, -0.2) is 4.79 Å². The minimum absolute atomic E-state index is 0.0690. The third-order valence-corrected chi connectivity index (χ3v) is 7.78. The van der Waals surface area contributed by atoms with Gasteiger partial charge in [0.15, 0.2) is 11.5 Å². The number of likely N-dealkylation sites (tertiary alicyclic amines) is 1. The van der Waals surface area contributed by atoms with E-state index >= 15 is 0 Å². The van der Waals surface area contributed by atoms with Crippen molar-refractivity contribution in [3.05, 3.63) is 21.7 Å². The lowest BCUT2D eigenvalue weighted by Crippen LogP contribution is -2.67. The first-order chi connectivity index (χ1) is 13.0. The Morgan fingerprint density at radius 3 is 3.04 bits per heavy atom. The summed E-state index contributed by atoms with van der Waals surface area (Å²) in [6, 6.07) is 2.01. The number of benzene rings is 1. The van der Waals surface area contributed by atoms with Crippen LogP contribution in [0.3, 0.4) is 0 Å². The second kappa shape index (κ2) is 6.01. The van der Waals surface area contributed by atoms with Gasteiger partial charge in [-0.15, -0.1) is 0 Å². The number of piperidine rings is 1. The maximum absolute atomic E-state index is 12.6. The Hall–Kier alpha value is -1.47. The monoisotopic (exact) mass is 437 g/mol. The number of nitrogens with zero attached hydrogens (tertiary/aromatic N) is 1. The van der Waals surface area contributed by atoms with E-state index in [0.717, 1.165) is 29.5 Å². The predicted octanol–water partition coefficient (Wildman–Crippen LogP) is 3.01. The number of carbonyl (C=O) groups is 1. The van der Waals surface area contributed by atoms with Gasteiger partial charge in [0.25, 0.3) is 0 Å². The topological polar surface area (TPSA) is 68.2 Å². The van der Waals surface area contributed by atoms with Gasteiger partial charge in [0.2, 0.25) is 0 Å². The van der Waals surface area contributed by atoms with Crippen molar-refractivity contribution in [2.75, 3.05) is 20.3 Å². The lowest BCUT2D eigenvalue weighted by molar-refractivity contribution is -0.0996. The molecule has 27 heavy (non-hydrogen) atoms. The number of rotatable bonds is 2. The van der Waals surface area contributed by atoms with Gasteiger partial charge in [-0.3, -0.25) is 0 Å². The molecule has 6 nitrogen and oxygen atoms in total. The van der Waals surface area contributed by atoms with Crippen LogP contribution in [0.25, 0.3) is 0 Å². The smallest absolute Gasteiger partial charge is 0.410 e. The van der Waals surface area contributed by atoms with Gasteiger partial charge >= 0.3 is 6.09 Å². The molecule has 146 valence electrons. The highest BCUT2D eigenvalue weighted by Gasteiger charge is 2.66. The molecule has 1 spiro atoms. The minimum Gasteiger partial charge on any atom is -0.493 e. The Morgan fingerprint density at radius 2 is 2.30 bits per heavy atom.